The molecule has 4 rings (SSSR count). The molecule has 0 spiro atoms. The largest absolute Gasteiger partial charge is 0.455 e. The Labute approximate surface area is 223 Å². The molecule has 3 aliphatic heterocycles. The van der Waals surface area contributed by atoms with E-state index in [-0.39, 0.29) is 41.5 Å². The molecule has 0 aromatic heterocycles. The van der Waals surface area contributed by atoms with Gasteiger partial charge in [0.25, 0.3) is 0 Å². The van der Waals surface area contributed by atoms with Gasteiger partial charge in [-0.15, -0.1) is 24.8 Å². The molecule has 7 nitrogen and oxygen atoms in total. The fraction of sp³-hybridized carbons (Fsp3) is 0.478. The van der Waals surface area contributed by atoms with Crippen LogP contribution in [0.4, 0.5) is 4.39 Å². The van der Waals surface area contributed by atoms with Crippen molar-refractivity contribution in [1.82, 2.24) is 14.1 Å². The van der Waals surface area contributed by atoms with Gasteiger partial charge in [-0.25, -0.2) is 17.1 Å². The first-order valence-electron chi connectivity index (χ1n) is 11.1. The van der Waals surface area contributed by atoms with E-state index in [9.17, 15) is 12.8 Å². The average Bonchev–Trinajstić information content (AvgIpc) is 2.79. The monoisotopic (exact) mass is 567 g/mol. The van der Waals surface area contributed by atoms with Crippen LogP contribution in [0.25, 0.3) is 5.57 Å². The first-order valence-corrected chi connectivity index (χ1v) is 13.3. The summed E-state index contributed by atoms with van der Waals surface area (Å²) in [5.74, 6) is 0.654. The van der Waals surface area contributed by atoms with Crippen molar-refractivity contribution in [3.63, 3.8) is 0 Å². The second-order valence-electron chi connectivity index (χ2n) is 8.47. The van der Waals surface area contributed by atoms with E-state index in [1.165, 1.54) is 42.3 Å². The lowest BCUT2D eigenvalue weighted by Gasteiger charge is -2.34. The second-order valence-corrected chi connectivity index (χ2v) is 11.9. The van der Waals surface area contributed by atoms with Gasteiger partial charge in [-0.2, -0.15) is 0 Å². The zero-order valence-corrected chi connectivity index (χ0v) is 23.0. The van der Waals surface area contributed by atoms with E-state index in [4.69, 9.17) is 9.84 Å². The number of ether oxygens (including phenoxy) is 1. The predicted molar refractivity (Wildman–Crippen MR) is 144 cm³/mol. The van der Waals surface area contributed by atoms with Crippen LogP contribution in [0.3, 0.4) is 0 Å². The Bertz CT molecular complexity index is 1100. The quantitative estimate of drug-likeness (QED) is 0.515. The van der Waals surface area contributed by atoms with Crippen LogP contribution in [0.15, 0.2) is 45.3 Å². The van der Waals surface area contributed by atoms with Crippen molar-refractivity contribution in [1.29, 1.82) is 0 Å². The lowest BCUT2D eigenvalue weighted by Crippen LogP contribution is -2.47. The molecule has 1 N–H and O–H groups in total. The second kappa shape index (κ2) is 12.9. The van der Waals surface area contributed by atoms with Crippen LogP contribution < -0.4 is 4.74 Å². The molecule has 0 radical (unpaired) electrons. The number of thioether (sulfide) groups is 1. The molecule has 1 aromatic rings. The van der Waals surface area contributed by atoms with Gasteiger partial charge in [0.2, 0.25) is 10.0 Å². The highest BCUT2D eigenvalue weighted by atomic mass is 35.5. The van der Waals surface area contributed by atoms with Crippen LogP contribution in [0.5, 0.6) is 5.75 Å². The first-order chi connectivity index (χ1) is 15.8. The van der Waals surface area contributed by atoms with Crippen molar-refractivity contribution in [2.45, 2.75) is 12.8 Å². The van der Waals surface area contributed by atoms with Crippen molar-refractivity contribution in [3.8, 4) is 5.75 Å². The maximum absolute atomic E-state index is 13.9. The number of halogens is 3. The van der Waals surface area contributed by atoms with Gasteiger partial charge < -0.3 is 14.7 Å². The van der Waals surface area contributed by atoms with Crippen molar-refractivity contribution < 1.29 is 22.7 Å². The van der Waals surface area contributed by atoms with Gasteiger partial charge in [-0.3, -0.25) is 4.90 Å². The minimum atomic E-state index is -3.57. The summed E-state index contributed by atoms with van der Waals surface area (Å²) in [5, 5.41) is 9.12. The standard InChI is InChI=1S/C23H30FN3O4S2.2ClH/c1-25(2)33(29,30)22-8-7-20-23(32-22)19(18-6-5-17(24)16-21(18)31-20)4-3-9-26-10-12-27(13-11-26)14-15-28;;/h5-8,16,28H,3-4,9-15H2,1-2H3;2*1H. The summed E-state index contributed by atoms with van der Waals surface area (Å²) in [5.41, 5.74) is 1.80. The number of benzene rings is 1. The molecule has 12 heteroatoms. The summed E-state index contributed by atoms with van der Waals surface area (Å²) in [6.45, 7) is 5.65. The Morgan fingerprint density at radius 2 is 1.74 bits per heavy atom. The third kappa shape index (κ3) is 6.81. The minimum absolute atomic E-state index is 0. The number of aliphatic hydroxyl groups excluding tert-OH is 1. The Balaban J connectivity index is 0.00000216. The van der Waals surface area contributed by atoms with Crippen molar-refractivity contribution in [3.05, 3.63) is 56.6 Å². The smallest absolute Gasteiger partial charge is 0.248 e. The summed E-state index contributed by atoms with van der Waals surface area (Å²) < 4.78 is 46.7. The number of β-amino-alcohol motifs (C(OH)–C–C–N with tert-alkyl or cyclic N) is 1. The average molecular weight is 569 g/mol. The summed E-state index contributed by atoms with van der Waals surface area (Å²) in [7, 11) is -0.544. The molecule has 1 fully saturated rings. The van der Waals surface area contributed by atoms with E-state index in [0.29, 0.717) is 11.5 Å². The number of rotatable bonds is 8. The van der Waals surface area contributed by atoms with E-state index >= 15 is 0 Å². The minimum Gasteiger partial charge on any atom is -0.455 e. The molecule has 3 aliphatic rings. The zero-order chi connectivity index (χ0) is 23.6. The Morgan fingerprint density at radius 3 is 2.37 bits per heavy atom. The van der Waals surface area contributed by atoms with Crippen LogP contribution in [0.1, 0.15) is 18.4 Å². The zero-order valence-electron chi connectivity index (χ0n) is 19.8. The maximum atomic E-state index is 13.9. The molecule has 0 saturated carbocycles. The third-order valence-corrected chi connectivity index (χ3v) is 9.55. The molecular formula is C23H32Cl2FN3O4S2. The molecule has 1 saturated heterocycles. The molecule has 0 bridgehead atoms. The molecule has 196 valence electrons. The fourth-order valence-electron chi connectivity index (χ4n) is 4.19. The topological polar surface area (TPSA) is 73.3 Å². The third-order valence-electron chi connectivity index (χ3n) is 6.08. The molecule has 3 heterocycles. The van der Waals surface area contributed by atoms with Crippen LogP contribution >= 0.6 is 36.6 Å². The predicted octanol–water partition coefficient (Wildman–Crippen LogP) is 3.53. The lowest BCUT2D eigenvalue weighted by molar-refractivity contribution is 0.112. The van der Waals surface area contributed by atoms with Crippen molar-refractivity contribution >= 4 is 52.2 Å². The van der Waals surface area contributed by atoms with E-state index in [2.05, 4.69) is 9.80 Å². The van der Waals surface area contributed by atoms with Gasteiger partial charge >= 0.3 is 0 Å². The van der Waals surface area contributed by atoms with E-state index in [1.54, 1.807) is 18.2 Å². The first kappa shape index (κ1) is 30.1. The molecule has 0 unspecified atom stereocenters. The molecule has 0 amide bonds. The van der Waals surface area contributed by atoms with E-state index in [1.807, 2.05) is 0 Å². The van der Waals surface area contributed by atoms with Crippen molar-refractivity contribution in [2.75, 3.05) is 60.0 Å². The summed E-state index contributed by atoms with van der Waals surface area (Å²) in [6.07, 6.45) is 4.83. The van der Waals surface area contributed by atoms with Crippen LogP contribution in [-0.4, -0.2) is 87.6 Å². The molecule has 0 atom stereocenters. The highest BCUT2D eigenvalue weighted by Crippen LogP contribution is 2.49. The number of piperazine rings is 1. The van der Waals surface area contributed by atoms with E-state index in [0.717, 1.165) is 68.2 Å². The molecular weight excluding hydrogens is 536 g/mol. The van der Waals surface area contributed by atoms with E-state index < -0.39 is 10.0 Å². The van der Waals surface area contributed by atoms with Gasteiger partial charge in [0.05, 0.1) is 11.5 Å². The van der Waals surface area contributed by atoms with Crippen LogP contribution in [0, 0.1) is 5.82 Å². The van der Waals surface area contributed by atoms with Gasteiger partial charge in [0.15, 0.2) is 0 Å². The summed E-state index contributed by atoms with van der Waals surface area (Å²) >= 11 is 1.20. The fourth-order valence-corrected chi connectivity index (χ4v) is 6.79. The van der Waals surface area contributed by atoms with Crippen molar-refractivity contribution in [2.24, 2.45) is 0 Å². The Morgan fingerprint density at radius 1 is 1.09 bits per heavy atom. The van der Waals surface area contributed by atoms with Gasteiger partial charge in [-0.05, 0) is 49.2 Å². The lowest BCUT2D eigenvalue weighted by atomic mass is 9.96. The number of fused-ring (bicyclic) bond motifs is 2. The van der Waals surface area contributed by atoms with Gasteiger partial charge in [0, 0.05) is 58.4 Å². The number of sulfonamides is 1. The highest BCUT2D eigenvalue weighted by molar-refractivity contribution is 8.20. The normalized spacial score (nSPS) is 18.5. The number of hydrogen-bond donors (Lipinski definition) is 1. The number of hydrogen-bond acceptors (Lipinski definition) is 7. The number of nitrogens with zero attached hydrogens (tertiary/aromatic N) is 3. The summed E-state index contributed by atoms with van der Waals surface area (Å²) in [4.78, 5) is 5.46. The number of aliphatic hydroxyl groups is 1. The number of allylic oxidation sites excluding steroid dienone is 3. The van der Waals surface area contributed by atoms with Crippen LogP contribution in [-0.2, 0) is 10.0 Å². The molecule has 35 heavy (non-hydrogen) atoms. The molecule has 1 aromatic carbocycles. The van der Waals surface area contributed by atoms with Crippen LogP contribution in [0.2, 0.25) is 0 Å². The Kier molecular flexibility index (Phi) is 11.1. The van der Waals surface area contributed by atoms with Gasteiger partial charge in [0.1, 0.15) is 21.6 Å². The SMILES string of the molecule is CN(C)S(=O)(=O)C1=CC=C2Oc3cc(F)ccc3C(CCCN3CCN(CCO)CC3)=C2S1.Cl.Cl. The summed E-state index contributed by atoms with van der Waals surface area (Å²) in [6, 6.07) is 4.52. The highest BCUT2D eigenvalue weighted by Gasteiger charge is 2.32. The maximum Gasteiger partial charge on any atom is 0.248 e. The molecule has 0 aliphatic carbocycles. The van der Waals surface area contributed by atoms with Gasteiger partial charge in [-0.1, -0.05) is 11.8 Å². The Hall–Kier alpha value is -1.11.